The second-order valence-electron chi connectivity index (χ2n) is 2.50. The van der Waals surface area contributed by atoms with Gasteiger partial charge in [-0.25, -0.2) is 16.8 Å². The van der Waals surface area contributed by atoms with E-state index in [1.165, 1.54) is 0 Å². The number of rotatable bonds is 0. The van der Waals surface area contributed by atoms with Crippen molar-refractivity contribution in [3.63, 3.8) is 0 Å². The molecule has 11 heteroatoms. The van der Waals surface area contributed by atoms with Crippen LogP contribution in [0.2, 0.25) is 0 Å². The average molecular weight is 256 g/mol. The molecule has 1 aliphatic heterocycles. The zero-order chi connectivity index (χ0) is 11.4. The van der Waals surface area contributed by atoms with Crippen molar-refractivity contribution in [2.45, 2.75) is 11.2 Å². The monoisotopic (exact) mass is 256 g/mol. The van der Waals surface area contributed by atoms with Gasteiger partial charge in [-0.15, -0.1) is 0 Å². The van der Waals surface area contributed by atoms with E-state index in [1.807, 2.05) is 0 Å². The van der Waals surface area contributed by atoms with Gasteiger partial charge in [0.2, 0.25) is 0 Å². The summed E-state index contributed by atoms with van der Waals surface area (Å²) in [7, 11) is -11.1. The minimum absolute atomic E-state index is 1.71. The zero-order valence-corrected chi connectivity index (χ0v) is 7.75. The molecule has 0 radical (unpaired) electrons. The van der Waals surface area contributed by atoms with Crippen molar-refractivity contribution in [3.05, 3.63) is 4.13 Å². The molecular formula is C3H2F4NO4S2-. The lowest BCUT2D eigenvalue weighted by Crippen LogP contribution is -2.54. The minimum Gasteiger partial charge on any atom is -0.431 e. The lowest BCUT2D eigenvalue weighted by atomic mass is 10.4. The van der Waals surface area contributed by atoms with Crippen LogP contribution in [0.5, 0.6) is 0 Å². The van der Waals surface area contributed by atoms with Crippen LogP contribution in [0, 0.1) is 0 Å². The quantitative estimate of drug-likeness (QED) is 0.582. The first-order chi connectivity index (χ1) is 5.91. The van der Waals surface area contributed by atoms with E-state index >= 15 is 0 Å². The van der Waals surface area contributed by atoms with Gasteiger partial charge in [0.1, 0.15) is 5.75 Å². The topological polar surface area (TPSA) is 82.4 Å². The Hall–Kier alpha value is -0.420. The van der Waals surface area contributed by atoms with Gasteiger partial charge in [0.25, 0.3) is 0 Å². The summed E-state index contributed by atoms with van der Waals surface area (Å²) >= 11 is 0. The third-order valence-corrected chi connectivity index (χ3v) is 4.69. The van der Waals surface area contributed by atoms with Crippen LogP contribution in [0.3, 0.4) is 0 Å². The van der Waals surface area contributed by atoms with Crippen LogP contribution in [-0.4, -0.2) is 33.8 Å². The number of nitrogens with zero attached hydrogens (tertiary/aromatic N) is 1. The van der Waals surface area contributed by atoms with Crippen molar-refractivity contribution >= 4 is 20.0 Å². The van der Waals surface area contributed by atoms with Gasteiger partial charge in [0.15, 0.2) is 10.0 Å². The maximum absolute atomic E-state index is 12.4. The molecule has 84 valence electrons. The second kappa shape index (κ2) is 2.58. The maximum atomic E-state index is 12.4. The van der Waals surface area contributed by atoms with Gasteiger partial charge >= 0.3 is 11.2 Å². The Balaban J connectivity index is 3.43. The third kappa shape index (κ3) is 1.48. The summed E-state index contributed by atoms with van der Waals surface area (Å²) in [6.45, 7) is 0. The van der Waals surface area contributed by atoms with E-state index in [9.17, 15) is 34.4 Å². The Morgan fingerprint density at radius 2 is 1.43 bits per heavy atom. The van der Waals surface area contributed by atoms with Crippen molar-refractivity contribution in [2.75, 3.05) is 5.75 Å². The van der Waals surface area contributed by atoms with E-state index in [-0.39, 0.29) is 0 Å². The number of hydrogen-bond acceptors (Lipinski definition) is 4. The largest absolute Gasteiger partial charge is 0.431 e. The summed E-state index contributed by atoms with van der Waals surface area (Å²) in [6.07, 6.45) is 0. The molecule has 0 aromatic rings. The molecule has 0 aromatic carbocycles. The van der Waals surface area contributed by atoms with Gasteiger partial charge in [-0.2, -0.15) is 17.6 Å². The average Bonchev–Trinajstić information content (AvgIpc) is 1.77. The zero-order valence-electron chi connectivity index (χ0n) is 6.12. The maximum Gasteiger partial charge on any atom is 0.392 e. The van der Waals surface area contributed by atoms with E-state index in [0.717, 1.165) is 0 Å². The van der Waals surface area contributed by atoms with Crippen molar-refractivity contribution in [3.8, 4) is 0 Å². The lowest BCUT2D eigenvalue weighted by molar-refractivity contribution is -0.141. The molecule has 0 saturated carbocycles. The molecule has 1 saturated heterocycles. The summed E-state index contributed by atoms with van der Waals surface area (Å²) in [5.41, 5.74) is 0. The van der Waals surface area contributed by atoms with Crippen LogP contribution in [0.15, 0.2) is 0 Å². The van der Waals surface area contributed by atoms with Crippen LogP contribution in [0.25, 0.3) is 4.13 Å². The number of alkyl halides is 4. The Morgan fingerprint density at radius 3 is 1.79 bits per heavy atom. The predicted octanol–water partition coefficient (Wildman–Crippen LogP) is 0.261. The molecule has 0 spiro atoms. The molecule has 1 rings (SSSR count). The first kappa shape index (κ1) is 11.7. The highest BCUT2D eigenvalue weighted by atomic mass is 32.3. The summed E-state index contributed by atoms with van der Waals surface area (Å²) in [4.78, 5) is 0. The van der Waals surface area contributed by atoms with Gasteiger partial charge in [0, 0.05) is 0 Å². The lowest BCUT2D eigenvalue weighted by Gasteiger charge is -2.37. The first-order valence-electron chi connectivity index (χ1n) is 2.88. The van der Waals surface area contributed by atoms with Crippen LogP contribution in [0.1, 0.15) is 0 Å². The molecule has 0 bridgehead atoms. The molecule has 0 amide bonds. The van der Waals surface area contributed by atoms with Gasteiger partial charge in [-0.1, -0.05) is 0 Å². The van der Waals surface area contributed by atoms with E-state index in [2.05, 4.69) is 0 Å². The second-order valence-corrected chi connectivity index (χ2v) is 6.01. The molecule has 0 N–H and O–H groups in total. The van der Waals surface area contributed by atoms with Crippen molar-refractivity contribution in [2.24, 2.45) is 0 Å². The third-order valence-electron chi connectivity index (χ3n) is 1.33. The number of sulfonamides is 2. The fourth-order valence-corrected chi connectivity index (χ4v) is 3.69. The van der Waals surface area contributed by atoms with E-state index < -0.39 is 37.0 Å². The Bertz CT molecular complexity index is 451. The van der Waals surface area contributed by atoms with Gasteiger partial charge in [0.05, 0.1) is 10.0 Å². The normalized spacial score (nSPS) is 32.3. The van der Waals surface area contributed by atoms with Gasteiger partial charge in [-0.3, -0.25) is 0 Å². The molecular weight excluding hydrogens is 254 g/mol. The molecule has 0 unspecified atom stereocenters. The highest BCUT2D eigenvalue weighted by Gasteiger charge is 2.66. The molecule has 5 nitrogen and oxygen atoms in total. The molecule has 0 atom stereocenters. The van der Waals surface area contributed by atoms with Gasteiger partial charge < -0.3 is 4.13 Å². The molecule has 1 fully saturated rings. The molecule has 1 aliphatic rings. The van der Waals surface area contributed by atoms with Crippen LogP contribution in [0.4, 0.5) is 17.6 Å². The summed E-state index contributed by atoms with van der Waals surface area (Å²) in [5, 5.41) is -5.48. The Kier molecular flexibility index (Phi) is 2.15. The first-order valence-corrected chi connectivity index (χ1v) is 5.93. The molecule has 1 heterocycles. The Morgan fingerprint density at radius 1 is 1.00 bits per heavy atom. The van der Waals surface area contributed by atoms with E-state index in [4.69, 9.17) is 0 Å². The molecule has 0 aromatic heterocycles. The van der Waals surface area contributed by atoms with E-state index in [1.54, 1.807) is 4.13 Å². The van der Waals surface area contributed by atoms with Crippen molar-refractivity contribution in [1.29, 1.82) is 0 Å². The highest BCUT2D eigenvalue weighted by molar-refractivity contribution is 8.13. The SMILES string of the molecule is O=S1(=O)CC(F)(F)C(F)(F)S(=O)(=O)[N-]1. The van der Waals surface area contributed by atoms with Crippen molar-refractivity contribution in [1.82, 2.24) is 0 Å². The molecule has 14 heavy (non-hydrogen) atoms. The standard InChI is InChI=1S/C3H2F4NO4S2/c4-2(5)1-13(9,10)8-14(11,12)3(2,6)7/h1H2/q-1. The fourth-order valence-electron chi connectivity index (χ4n) is 0.724. The van der Waals surface area contributed by atoms with Crippen LogP contribution < -0.4 is 0 Å². The summed E-state index contributed by atoms with van der Waals surface area (Å²) in [5.74, 6) is -7.47. The van der Waals surface area contributed by atoms with Crippen LogP contribution >= 0.6 is 0 Å². The predicted molar refractivity (Wildman–Crippen MR) is 36.0 cm³/mol. The summed E-state index contributed by atoms with van der Waals surface area (Å²) in [6, 6.07) is 0. The van der Waals surface area contributed by atoms with Gasteiger partial charge in [-0.05, 0) is 0 Å². The summed E-state index contributed by atoms with van der Waals surface area (Å²) < 4.78 is 92.9. The highest BCUT2D eigenvalue weighted by Crippen LogP contribution is 2.47. The number of halogens is 4. The van der Waals surface area contributed by atoms with Crippen LogP contribution in [-0.2, 0) is 20.0 Å². The smallest absolute Gasteiger partial charge is 0.392 e. The minimum atomic E-state index is -6.02. The molecule has 0 aliphatic carbocycles. The Labute approximate surface area is 76.2 Å². The van der Waals surface area contributed by atoms with Crippen molar-refractivity contribution < 1.29 is 34.4 Å². The fraction of sp³-hybridized carbons (Fsp3) is 1.00. The van der Waals surface area contributed by atoms with E-state index in [0.29, 0.717) is 0 Å². The number of hydrogen-bond donors (Lipinski definition) is 0.